The first-order valence-corrected chi connectivity index (χ1v) is 4.61. The molecule has 1 unspecified atom stereocenters. The number of likely N-dealkylation sites (N-methyl/N-ethyl adjacent to an activating group) is 2. The Morgan fingerprint density at radius 2 is 2.31 bits per heavy atom. The zero-order chi connectivity index (χ0) is 9.84. The Labute approximate surface area is 77.6 Å². The lowest BCUT2D eigenvalue weighted by molar-refractivity contribution is 0.311. The molecule has 1 saturated heterocycles. The van der Waals surface area contributed by atoms with Crippen LogP contribution in [0.5, 0.6) is 0 Å². The molecule has 1 atom stereocenters. The highest BCUT2D eigenvalue weighted by atomic mass is 19.3. The van der Waals surface area contributed by atoms with Gasteiger partial charge in [0.05, 0.1) is 0 Å². The molecule has 2 nitrogen and oxygen atoms in total. The maximum Gasteiger partial charge on any atom is 0.271 e. The molecule has 0 amide bonds. The van der Waals surface area contributed by atoms with E-state index in [1.54, 1.807) is 0 Å². The van der Waals surface area contributed by atoms with Gasteiger partial charge in [-0.3, -0.25) is 4.90 Å². The minimum absolute atomic E-state index is 0.107. The highest BCUT2D eigenvalue weighted by molar-refractivity contribution is 5.17. The fourth-order valence-electron chi connectivity index (χ4n) is 1.67. The van der Waals surface area contributed by atoms with Gasteiger partial charge in [0.15, 0.2) is 0 Å². The minimum atomic E-state index is -1.49. The van der Waals surface area contributed by atoms with Gasteiger partial charge in [0.1, 0.15) is 0 Å². The highest BCUT2D eigenvalue weighted by Gasteiger charge is 2.28. The Bertz CT molecular complexity index is 200. The van der Waals surface area contributed by atoms with Crippen molar-refractivity contribution in [3.8, 4) is 0 Å². The van der Waals surface area contributed by atoms with E-state index in [1.807, 2.05) is 18.9 Å². The quantitative estimate of drug-likeness (QED) is 0.724. The van der Waals surface area contributed by atoms with Crippen LogP contribution in [0.15, 0.2) is 11.7 Å². The number of nitrogens with one attached hydrogen (secondary N) is 1. The Morgan fingerprint density at radius 3 is 2.85 bits per heavy atom. The molecule has 0 saturated carbocycles. The van der Waals surface area contributed by atoms with Gasteiger partial charge >= 0.3 is 0 Å². The molecule has 0 bridgehead atoms. The number of likely N-dealkylation sites (tertiary alicyclic amines) is 1. The maximum absolute atomic E-state index is 12.4. The molecule has 0 aromatic carbocycles. The lowest BCUT2D eigenvalue weighted by Crippen LogP contribution is -2.36. The van der Waals surface area contributed by atoms with Crippen molar-refractivity contribution in [1.29, 1.82) is 0 Å². The van der Waals surface area contributed by atoms with Crippen LogP contribution in [0.25, 0.3) is 0 Å². The molecule has 4 heteroatoms. The summed E-state index contributed by atoms with van der Waals surface area (Å²) in [6, 6.07) is -0.107. The van der Waals surface area contributed by atoms with Gasteiger partial charge in [0.25, 0.3) is 6.08 Å². The van der Waals surface area contributed by atoms with Crippen molar-refractivity contribution in [3.63, 3.8) is 0 Å². The fourth-order valence-corrected chi connectivity index (χ4v) is 1.67. The first kappa shape index (κ1) is 10.6. The van der Waals surface area contributed by atoms with Crippen molar-refractivity contribution in [2.75, 3.05) is 26.7 Å². The average molecular weight is 190 g/mol. The van der Waals surface area contributed by atoms with Gasteiger partial charge in [0, 0.05) is 24.7 Å². The lowest BCUT2D eigenvalue weighted by Gasteiger charge is -2.20. The van der Waals surface area contributed by atoms with Crippen molar-refractivity contribution in [3.05, 3.63) is 11.7 Å². The maximum atomic E-state index is 12.4. The summed E-state index contributed by atoms with van der Waals surface area (Å²) in [5, 5.41) is 3.10. The number of halogens is 2. The molecule has 1 rings (SSSR count). The standard InChI is InChI=1S/C9H16F2N2/c1-3-12-6-8-7(9(10)11)4-5-13(8)2/h8,12H,3-6H2,1-2H3. The Balaban J connectivity index is 2.61. The summed E-state index contributed by atoms with van der Waals surface area (Å²) in [4.78, 5) is 1.97. The van der Waals surface area contributed by atoms with Gasteiger partial charge in [-0.05, 0) is 20.0 Å². The predicted molar refractivity (Wildman–Crippen MR) is 48.8 cm³/mol. The average Bonchev–Trinajstić information content (AvgIpc) is 2.43. The lowest BCUT2D eigenvalue weighted by atomic mass is 10.1. The topological polar surface area (TPSA) is 15.3 Å². The molecule has 13 heavy (non-hydrogen) atoms. The van der Waals surface area contributed by atoms with E-state index in [1.165, 1.54) is 0 Å². The third-order valence-electron chi connectivity index (χ3n) is 2.50. The van der Waals surface area contributed by atoms with E-state index in [9.17, 15) is 8.78 Å². The van der Waals surface area contributed by atoms with Crippen LogP contribution in [0.3, 0.4) is 0 Å². The molecular formula is C9H16F2N2. The van der Waals surface area contributed by atoms with Crippen LogP contribution < -0.4 is 5.32 Å². The molecule has 1 aliphatic rings. The Hall–Kier alpha value is -0.480. The molecule has 0 aromatic heterocycles. The van der Waals surface area contributed by atoms with Crippen LogP contribution >= 0.6 is 0 Å². The van der Waals surface area contributed by atoms with Crippen LogP contribution in [-0.2, 0) is 0 Å². The SMILES string of the molecule is CCNCC1C(=C(F)F)CCN1C. The summed E-state index contributed by atoms with van der Waals surface area (Å²) >= 11 is 0. The third-order valence-corrected chi connectivity index (χ3v) is 2.50. The molecule has 1 fully saturated rings. The van der Waals surface area contributed by atoms with Gasteiger partial charge in [-0.2, -0.15) is 8.78 Å². The van der Waals surface area contributed by atoms with Gasteiger partial charge in [-0.25, -0.2) is 0 Å². The first-order chi connectivity index (χ1) is 6.16. The summed E-state index contributed by atoms with van der Waals surface area (Å²) < 4.78 is 24.8. The molecule has 0 spiro atoms. The van der Waals surface area contributed by atoms with Crippen LogP contribution in [0.2, 0.25) is 0 Å². The Morgan fingerprint density at radius 1 is 1.62 bits per heavy atom. The van der Waals surface area contributed by atoms with Gasteiger partial charge in [-0.1, -0.05) is 6.92 Å². The summed E-state index contributed by atoms with van der Waals surface area (Å²) in [5.41, 5.74) is 0.309. The summed E-state index contributed by atoms with van der Waals surface area (Å²) in [6.45, 7) is 4.16. The van der Waals surface area contributed by atoms with Gasteiger partial charge < -0.3 is 5.32 Å². The third kappa shape index (κ3) is 2.48. The van der Waals surface area contributed by atoms with E-state index in [2.05, 4.69) is 5.32 Å². The normalized spacial score (nSPS) is 24.0. The second kappa shape index (κ2) is 4.67. The van der Waals surface area contributed by atoms with E-state index < -0.39 is 6.08 Å². The van der Waals surface area contributed by atoms with Crippen molar-refractivity contribution >= 4 is 0 Å². The largest absolute Gasteiger partial charge is 0.315 e. The van der Waals surface area contributed by atoms with E-state index in [0.29, 0.717) is 18.5 Å². The second-order valence-corrected chi connectivity index (χ2v) is 3.34. The van der Waals surface area contributed by atoms with Crippen molar-refractivity contribution in [1.82, 2.24) is 10.2 Å². The van der Waals surface area contributed by atoms with E-state index in [-0.39, 0.29) is 6.04 Å². The first-order valence-electron chi connectivity index (χ1n) is 4.61. The Kier molecular flexibility index (Phi) is 3.81. The van der Waals surface area contributed by atoms with Crippen molar-refractivity contribution in [2.45, 2.75) is 19.4 Å². The second-order valence-electron chi connectivity index (χ2n) is 3.34. The minimum Gasteiger partial charge on any atom is -0.315 e. The zero-order valence-electron chi connectivity index (χ0n) is 8.11. The molecule has 76 valence electrons. The molecule has 1 N–H and O–H groups in total. The fraction of sp³-hybridized carbons (Fsp3) is 0.778. The number of hydrogen-bond acceptors (Lipinski definition) is 2. The summed E-state index contributed by atoms with van der Waals surface area (Å²) in [7, 11) is 1.89. The van der Waals surface area contributed by atoms with E-state index in [0.717, 1.165) is 13.1 Å². The number of rotatable bonds is 3. The predicted octanol–water partition coefficient (Wildman–Crippen LogP) is 1.45. The van der Waals surface area contributed by atoms with Crippen molar-refractivity contribution < 1.29 is 8.78 Å². The van der Waals surface area contributed by atoms with E-state index in [4.69, 9.17) is 0 Å². The molecule has 1 heterocycles. The van der Waals surface area contributed by atoms with Crippen molar-refractivity contribution in [2.24, 2.45) is 0 Å². The van der Waals surface area contributed by atoms with Crippen LogP contribution in [0.4, 0.5) is 8.78 Å². The van der Waals surface area contributed by atoms with Crippen LogP contribution in [0, 0.1) is 0 Å². The monoisotopic (exact) mass is 190 g/mol. The molecule has 0 aliphatic carbocycles. The summed E-state index contributed by atoms with van der Waals surface area (Å²) in [5.74, 6) is 0. The zero-order valence-corrected chi connectivity index (χ0v) is 8.11. The highest BCUT2D eigenvalue weighted by Crippen LogP contribution is 2.25. The van der Waals surface area contributed by atoms with Crippen LogP contribution in [0.1, 0.15) is 13.3 Å². The molecule has 1 aliphatic heterocycles. The molecule has 0 radical (unpaired) electrons. The van der Waals surface area contributed by atoms with Gasteiger partial charge in [-0.15, -0.1) is 0 Å². The molecule has 0 aromatic rings. The van der Waals surface area contributed by atoms with E-state index >= 15 is 0 Å². The smallest absolute Gasteiger partial charge is 0.271 e. The summed E-state index contributed by atoms with van der Waals surface area (Å²) in [6.07, 6.45) is -0.984. The van der Waals surface area contributed by atoms with Crippen LogP contribution in [-0.4, -0.2) is 37.6 Å². The molecular weight excluding hydrogens is 174 g/mol. The van der Waals surface area contributed by atoms with Gasteiger partial charge in [0.2, 0.25) is 0 Å². The number of hydrogen-bond donors (Lipinski definition) is 1. The number of nitrogens with zero attached hydrogens (tertiary/aromatic N) is 1.